The number of hydrogen-bond donors (Lipinski definition) is 1. The first-order chi connectivity index (χ1) is 13.5. The van der Waals surface area contributed by atoms with Gasteiger partial charge in [0.15, 0.2) is 5.11 Å². The van der Waals surface area contributed by atoms with E-state index in [9.17, 15) is 9.59 Å². The highest BCUT2D eigenvalue weighted by Gasteiger charge is 2.34. The molecular formula is C21H19ClN2O3S. The molecular weight excluding hydrogens is 396 g/mol. The maximum Gasteiger partial charge on any atom is 0.270 e. The SMILES string of the molecule is CCCCOc1cccc(C=C2C(=O)NC(=S)N(c3ccc(Cl)cc3)C2=O)c1. The normalized spacial score (nSPS) is 15.7. The molecule has 0 aromatic heterocycles. The number of carbonyl (C=O) groups is 2. The molecule has 0 spiro atoms. The van der Waals surface area contributed by atoms with E-state index >= 15 is 0 Å². The van der Waals surface area contributed by atoms with Crippen LogP contribution in [0.2, 0.25) is 5.02 Å². The van der Waals surface area contributed by atoms with Gasteiger partial charge in [-0.05, 0) is 66.7 Å². The van der Waals surface area contributed by atoms with Crippen LogP contribution in [0.5, 0.6) is 5.75 Å². The molecule has 28 heavy (non-hydrogen) atoms. The van der Waals surface area contributed by atoms with E-state index in [-0.39, 0.29) is 10.7 Å². The van der Waals surface area contributed by atoms with Gasteiger partial charge in [0.05, 0.1) is 12.3 Å². The predicted molar refractivity (Wildman–Crippen MR) is 115 cm³/mol. The summed E-state index contributed by atoms with van der Waals surface area (Å²) in [6, 6.07) is 13.9. The number of carbonyl (C=O) groups excluding carboxylic acids is 2. The molecule has 1 aliphatic rings. The average molecular weight is 415 g/mol. The number of hydrogen-bond acceptors (Lipinski definition) is 4. The molecule has 0 atom stereocenters. The van der Waals surface area contributed by atoms with Crippen LogP contribution in [-0.4, -0.2) is 23.5 Å². The smallest absolute Gasteiger partial charge is 0.270 e. The number of thiocarbonyl (C=S) groups is 1. The summed E-state index contributed by atoms with van der Waals surface area (Å²) in [6.07, 6.45) is 3.54. The van der Waals surface area contributed by atoms with Gasteiger partial charge in [0.2, 0.25) is 0 Å². The Balaban J connectivity index is 1.89. The van der Waals surface area contributed by atoms with E-state index in [2.05, 4.69) is 12.2 Å². The molecule has 0 saturated carbocycles. The zero-order valence-electron chi connectivity index (χ0n) is 15.3. The Morgan fingerprint density at radius 2 is 1.93 bits per heavy atom. The summed E-state index contributed by atoms with van der Waals surface area (Å²) in [5.41, 5.74) is 1.22. The Labute approximate surface area is 173 Å². The van der Waals surface area contributed by atoms with E-state index in [1.165, 1.54) is 11.0 Å². The lowest BCUT2D eigenvalue weighted by Crippen LogP contribution is -2.54. The lowest BCUT2D eigenvalue weighted by atomic mass is 10.1. The molecule has 2 aromatic rings. The maximum absolute atomic E-state index is 13.0. The van der Waals surface area contributed by atoms with Crippen LogP contribution >= 0.6 is 23.8 Å². The van der Waals surface area contributed by atoms with Crippen LogP contribution in [0.15, 0.2) is 54.1 Å². The van der Waals surface area contributed by atoms with Gasteiger partial charge in [0.1, 0.15) is 11.3 Å². The van der Waals surface area contributed by atoms with Gasteiger partial charge in [-0.25, -0.2) is 0 Å². The molecule has 1 N–H and O–H groups in total. The maximum atomic E-state index is 13.0. The minimum atomic E-state index is -0.530. The van der Waals surface area contributed by atoms with Crippen molar-refractivity contribution in [2.45, 2.75) is 19.8 Å². The number of nitrogens with one attached hydrogen (secondary N) is 1. The second-order valence-electron chi connectivity index (χ2n) is 6.21. The molecule has 1 heterocycles. The van der Waals surface area contributed by atoms with Gasteiger partial charge >= 0.3 is 0 Å². The molecule has 0 unspecified atom stereocenters. The van der Waals surface area contributed by atoms with Crippen molar-refractivity contribution in [3.8, 4) is 5.75 Å². The summed E-state index contributed by atoms with van der Waals surface area (Å²) in [5.74, 6) is -0.331. The third kappa shape index (κ3) is 4.58. The second-order valence-corrected chi connectivity index (χ2v) is 7.03. The zero-order valence-corrected chi connectivity index (χ0v) is 16.8. The van der Waals surface area contributed by atoms with Crippen LogP contribution < -0.4 is 15.0 Å². The largest absolute Gasteiger partial charge is 0.494 e. The standard InChI is InChI=1S/C21H19ClN2O3S/c1-2-3-11-27-17-6-4-5-14(12-17)13-18-19(25)23-21(28)24(20(18)26)16-9-7-15(22)8-10-16/h4-10,12-13H,2-3,11H2,1H3,(H,23,25,28). The summed E-state index contributed by atoms with van der Waals surface area (Å²) in [6.45, 7) is 2.71. The van der Waals surface area contributed by atoms with Crippen molar-refractivity contribution in [2.24, 2.45) is 0 Å². The number of unbranched alkanes of at least 4 members (excludes halogenated alkanes) is 1. The third-order valence-corrected chi connectivity index (χ3v) is 4.66. The fourth-order valence-corrected chi connectivity index (χ4v) is 3.08. The zero-order chi connectivity index (χ0) is 20.1. The van der Waals surface area contributed by atoms with Crippen molar-refractivity contribution in [3.63, 3.8) is 0 Å². The average Bonchev–Trinajstić information content (AvgIpc) is 2.67. The van der Waals surface area contributed by atoms with Gasteiger partial charge in [-0.3, -0.25) is 19.8 Å². The molecule has 1 fully saturated rings. The van der Waals surface area contributed by atoms with E-state index in [4.69, 9.17) is 28.6 Å². The van der Waals surface area contributed by atoms with Gasteiger partial charge < -0.3 is 4.74 Å². The van der Waals surface area contributed by atoms with Crippen LogP contribution in [0.4, 0.5) is 5.69 Å². The molecule has 7 heteroatoms. The minimum absolute atomic E-state index is 0.00532. The summed E-state index contributed by atoms with van der Waals surface area (Å²) in [5, 5.41) is 3.14. The van der Waals surface area contributed by atoms with E-state index in [0.717, 1.165) is 12.8 Å². The fourth-order valence-electron chi connectivity index (χ4n) is 2.68. The highest BCUT2D eigenvalue weighted by atomic mass is 35.5. The van der Waals surface area contributed by atoms with Gasteiger partial charge in [-0.1, -0.05) is 37.1 Å². The van der Waals surface area contributed by atoms with Crippen molar-refractivity contribution < 1.29 is 14.3 Å². The Kier molecular flexibility index (Phi) is 6.44. The van der Waals surface area contributed by atoms with Crippen molar-refractivity contribution in [3.05, 3.63) is 64.7 Å². The van der Waals surface area contributed by atoms with Crippen LogP contribution in [0.25, 0.3) is 6.08 Å². The Morgan fingerprint density at radius 3 is 2.64 bits per heavy atom. The van der Waals surface area contributed by atoms with Crippen LogP contribution in [-0.2, 0) is 9.59 Å². The lowest BCUT2D eigenvalue weighted by Gasteiger charge is -2.29. The number of halogens is 1. The van der Waals surface area contributed by atoms with Crippen molar-refractivity contribution in [2.75, 3.05) is 11.5 Å². The number of benzene rings is 2. The molecule has 0 aliphatic carbocycles. The molecule has 0 radical (unpaired) electrons. The quantitative estimate of drug-likeness (QED) is 0.330. The highest BCUT2D eigenvalue weighted by molar-refractivity contribution is 7.80. The predicted octanol–water partition coefficient (Wildman–Crippen LogP) is 4.35. The Bertz CT molecular complexity index is 941. The van der Waals surface area contributed by atoms with Gasteiger partial charge in [0, 0.05) is 5.02 Å². The monoisotopic (exact) mass is 414 g/mol. The summed E-state index contributed by atoms with van der Waals surface area (Å²) < 4.78 is 5.69. The van der Waals surface area contributed by atoms with Crippen molar-refractivity contribution >= 4 is 52.5 Å². The number of anilines is 1. The second kappa shape index (κ2) is 8.99. The van der Waals surface area contributed by atoms with E-state index in [0.29, 0.717) is 28.6 Å². The number of amides is 2. The summed E-state index contributed by atoms with van der Waals surface area (Å²) >= 11 is 11.1. The van der Waals surface area contributed by atoms with Crippen LogP contribution in [0, 0.1) is 0 Å². The first-order valence-electron chi connectivity index (χ1n) is 8.89. The summed E-state index contributed by atoms with van der Waals surface area (Å²) in [7, 11) is 0. The molecule has 3 rings (SSSR count). The number of rotatable bonds is 6. The Morgan fingerprint density at radius 1 is 1.18 bits per heavy atom. The molecule has 144 valence electrons. The van der Waals surface area contributed by atoms with Crippen LogP contribution in [0.3, 0.4) is 0 Å². The van der Waals surface area contributed by atoms with E-state index in [1.807, 2.05) is 12.1 Å². The molecule has 0 bridgehead atoms. The third-order valence-electron chi connectivity index (χ3n) is 4.12. The molecule has 1 aliphatic heterocycles. The van der Waals surface area contributed by atoms with Crippen molar-refractivity contribution in [1.82, 2.24) is 5.32 Å². The van der Waals surface area contributed by atoms with Gasteiger partial charge in [-0.15, -0.1) is 0 Å². The fraction of sp³-hybridized carbons (Fsp3) is 0.190. The minimum Gasteiger partial charge on any atom is -0.494 e. The van der Waals surface area contributed by atoms with E-state index in [1.54, 1.807) is 36.4 Å². The van der Waals surface area contributed by atoms with E-state index < -0.39 is 11.8 Å². The lowest BCUT2D eigenvalue weighted by molar-refractivity contribution is -0.122. The topological polar surface area (TPSA) is 58.6 Å². The first kappa shape index (κ1) is 20.0. The molecule has 2 amide bonds. The van der Waals surface area contributed by atoms with Gasteiger partial charge in [0.25, 0.3) is 11.8 Å². The number of ether oxygens (including phenoxy) is 1. The summed E-state index contributed by atoms with van der Waals surface area (Å²) in [4.78, 5) is 26.6. The molecule has 2 aromatic carbocycles. The molecule has 5 nitrogen and oxygen atoms in total. The van der Waals surface area contributed by atoms with Gasteiger partial charge in [-0.2, -0.15) is 0 Å². The van der Waals surface area contributed by atoms with Crippen molar-refractivity contribution in [1.29, 1.82) is 0 Å². The first-order valence-corrected chi connectivity index (χ1v) is 9.68. The van der Waals surface area contributed by atoms with Crippen LogP contribution in [0.1, 0.15) is 25.3 Å². The Hall–Kier alpha value is -2.70. The number of nitrogens with zero attached hydrogens (tertiary/aromatic N) is 1. The highest BCUT2D eigenvalue weighted by Crippen LogP contribution is 2.24. The molecule has 1 saturated heterocycles.